The molecule has 0 bridgehead atoms. The summed E-state index contributed by atoms with van der Waals surface area (Å²) in [6, 6.07) is 10.3. The Hall–Kier alpha value is -1.92. The largest absolute Gasteiger partial charge is 0.383 e. The van der Waals surface area contributed by atoms with Crippen molar-refractivity contribution in [1.82, 2.24) is 9.80 Å². The third-order valence-electron chi connectivity index (χ3n) is 7.10. The van der Waals surface area contributed by atoms with Gasteiger partial charge in [0.2, 0.25) is 11.8 Å². The minimum Gasteiger partial charge on any atom is -0.383 e. The maximum Gasteiger partial charge on any atom is 0.228 e. The molecule has 1 aromatic rings. The van der Waals surface area contributed by atoms with Crippen molar-refractivity contribution < 1.29 is 14.3 Å². The first kappa shape index (κ1) is 21.3. The number of hydrogen-bond donors (Lipinski definition) is 0. The van der Waals surface area contributed by atoms with E-state index in [4.69, 9.17) is 4.74 Å². The fraction of sp³-hybridized carbons (Fsp3) is 0.667. The number of rotatable bonds is 7. The number of benzene rings is 1. The van der Waals surface area contributed by atoms with Crippen LogP contribution >= 0.6 is 0 Å². The van der Waals surface area contributed by atoms with Gasteiger partial charge in [0.05, 0.1) is 12.5 Å². The third kappa shape index (κ3) is 4.70. The number of anilines is 1. The summed E-state index contributed by atoms with van der Waals surface area (Å²) in [5.74, 6) is 0.428. The smallest absolute Gasteiger partial charge is 0.228 e. The summed E-state index contributed by atoms with van der Waals surface area (Å²) in [6.45, 7) is 4.82. The predicted molar refractivity (Wildman–Crippen MR) is 117 cm³/mol. The van der Waals surface area contributed by atoms with Crippen LogP contribution in [0, 0.1) is 11.8 Å². The Kier molecular flexibility index (Phi) is 7.05. The lowest BCUT2D eigenvalue weighted by molar-refractivity contribution is -0.137. The summed E-state index contributed by atoms with van der Waals surface area (Å²) in [5, 5.41) is 0. The van der Waals surface area contributed by atoms with Gasteiger partial charge in [-0.1, -0.05) is 24.6 Å². The molecule has 3 heterocycles. The summed E-state index contributed by atoms with van der Waals surface area (Å²) >= 11 is 0. The van der Waals surface area contributed by atoms with Crippen molar-refractivity contribution in [3.8, 4) is 0 Å². The SMILES string of the molecule is COCCN(C[C@@H]1CCCN2CCCC[C@H]12)C(=O)[C@@H]1CC(=O)N(c2ccccc2)C1. The van der Waals surface area contributed by atoms with Crippen molar-refractivity contribution in [1.29, 1.82) is 0 Å². The fourth-order valence-corrected chi connectivity index (χ4v) is 5.55. The Morgan fingerprint density at radius 3 is 2.73 bits per heavy atom. The Morgan fingerprint density at radius 1 is 1.13 bits per heavy atom. The number of ether oxygens (including phenoxy) is 1. The van der Waals surface area contributed by atoms with Crippen molar-refractivity contribution in [3.63, 3.8) is 0 Å². The highest BCUT2D eigenvalue weighted by atomic mass is 16.5. The van der Waals surface area contributed by atoms with E-state index in [2.05, 4.69) is 4.90 Å². The van der Waals surface area contributed by atoms with E-state index in [1.807, 2.05) is 35.2 Å². The van der Waals surface area contributed by atoms with E-state index in [0.29, 0.717) is 38.1 Å². The van der Waals surface area contributed by atoms with Gasteiger partial charge in [0.25, 0.3) is 0 Å². The van der Waals surface area contributed by atoms with Crippen molar-refractivity contribution in [2.45, 2.75) is 44.6 Å². The van der Waals surface area contributed by atoms with Crippen molar-refractivity contribution >= 4 is 17.5 Å². The van der Waals surface area contributed by atoms with Crippen molar-refractivity contribution in [3.05, 3.63) is 30.3 Å². The van der Waals surface area contributed by atoms with Crippen LogP contribution in [0.25, 0.3) is 0 Å². The number of carbonyl (C=O) groups is 2. The molecule has 3 aliphatic heterocycles. The molecule has 0 aliphatic carbocycles. The molecule has 3 aliphatic rings. The summed E-state index contributed by atoms with van der Waals surface area (Å²) in [7, 11) is 1.68. The Balaban J connectivity index is 1.44. The van der Waals surface area contributed by atoms with Crippen LogP contribution in [0.1, 0.15) is 38.5 Å². The molecular weight excluding hydrogens is 378 g/mol. The van der Waals surface area contributed by atoms with E-state index in [0.717, 1.165) is 12.2 Å². The van der Waals surface area contributed by atoms with Gasteiger partial charge in [0, 0.05) is 44.9 Å². The lowest BCUT2D eigenvalue weighted by Crippen LogP contribution is -2.52. The first-order chi connectivity index (χ1) is 14.7. The van der Waals surface area contributed by atoms with Crippen molar-refractivity contribution in [2.75, 3.05) is 51.3 Å². The molecule has 6 nitrogen and oxygen atoms in total. The fourth-order valence-electron chi connectivity index (χ4n) is 5.55. The monoisotopic (exact) mass is 413 g/mol. The van der Waals surface area contributed by atoms with Gasteiger partial charge in [-0.3, -0.25) is 9.59 Å². The Bertz CT molecular complexity index is 724. The summed E-state index contributed by atoms with van der Waals surface area (Å²) in [6.07, 6.45) is 6.56. The number of hydrogen-bond acceptors (Lipinski definition) is 4. The molecule has 2 amide bonds. The molecule has 4 rings (SSSR count). The van der Waals surface area contributed by atoms with Crippen LogP contribution in [0.5, 0.6) is 0 Å². The predicted octanol–water partition coefficient (Wildman–Crippen LogP) is 2.78. The molecule has 1 aromatic carbocycles. The molecule has 6 heteroatoms. The van der Waals surface area contributed by atoms with Crippen LogP contribution in [0.3, 0.4) is 0 Å². The Morgan fingerprint density at radius 2 is 1.93 bits per heavy atom. The van der Waals surface area contributed by atoms with E-state index in [9.17, 15) is 9.59 Å². The van der Waals surface area contributed by atoms with Gasteiger partial charge in [0.1, 0.15) is 0 Å². The zero-order chi connectivity index (χ0) is 20.9. The third-order valence-corrected chi connectivity index (χ3v) is 7.10. The molecule has 0 N–H and O–H groups in total. The number of para-hydroxylation sites is 1. The van der Waals surface area contributed by atoms with Gasteiger partial charge in [-0.05, 0) is 56.8 Å². The molecule has 0 aromatic heterocycles. The van der Waals surface area contributed by atoms with E-state index in [1.165, 1.54) is 45.2 Å². The van der Waals surface area contributed by atoms with Gasteiger partial charge < -0.3 is 19.4 Å². The number of carbonyl (C=O) groups excluding carboxylic acids is 2. The highest BCUT2D eigenvalue weighted by molar-refractivity contribution is 6.00. The first-order valence-electron chi connectivity index (χ1n) is 11.5. The maximum absolute atomic E-state index is 13.5. The number of amides is 2. The Labute approximate surface area is 180 Å². The maximum atomic E-state index is 13.5. The first-order valence-corrected chi connectivity index (χ1v) is 11.5. The van der Waals surface area contributed by atoms with E-state index < -0.39 is 0 Å². The molecular formula is C24H35N3O3. The van der Waals surface area contributed by atoms with Gasteiger partial charge in [-0.2, -0.15) is 0 Å². The highest BCUT2D eigenvalue weighted by Gasteiger charge is 2.39. The van der Waals surface area contributed by atoms with Crippen LogP contribution in [-0.2, 0) is 14.3 Å². The van der Waals surface area contributed by atoms with Crippen LogP contribution in [0.15, 0.2) is 30.3 Å². The highest BCUT2D eigenvalue weighted by Crippen LogP contribution is 2.32. The number of piperidine rings is 2. The lowest BCUT2D eigenvalue weighted by atomic mass is 9.83. The molecule has 3 fully saturated rings. The van der Waals surface area contributed by atoms with Gasteiger partial charge in [-0.25, -0.2) is 0 Å². The average Bonchev–Trinajstić information content (AvgIpc) is 3.18. The second-order valence-corrected chi connectivity index (χ2v) is 9.02. The topological polar surface area (TPSA) is 53.1 Å². The second kappa shape index (κ2) is 9.92. The van der Waals surface area contributed by atoms with Crippen molar-refractivity contribution in [2.24, 2.45) is 11.8 Å². The van der Waals surface area contributed by atoms with E-state index in [-0.39, 0.29) is 17.7 Å². The molecule has 164 valence electrons. The second-order valence-electron chi connectivity index (χ2n) is 9.02. The quantitative estimate of drug-likeness (QED) is 0.690. The molecule has 3 atom stereocenters. The van der Waals surface area contributed by atoms with E-state index in [1.54, 1.807) is 12.0 Å². The molecule has 30 heavy (non-hydrogen) atoms. The molecule has 0 spiro atoms. The minimum atomic E-state index is -0.263. The zero-order valence-electron chi connectivity index (χ0n) is 18.2. The van der Waals surface area contributed by atoms with E-state index >= 15 is 0 Å². The summed E-state index contributed by atoms with van der Waals surface area (Å²) < 4.78 is 5.31. The van der Waals surface area contributed by atoms with Crippen LogP contribution in [-0.4, -0.2) is 74.1 Å². The number of nitrogens with zero attached hydrogens (tertiary/aromatic N) is 3. The minimum absolute atomic E-state index is 0.0439. The molecule has 3 saturated heterocycles. The van der Waals surface area contributed by atoms with Gasteiger partial charge >= 0.3 is 0 Å². The summed E-state index contributed by atoms with van der Waals surface area (Å²) in [4.78, 5) is 32.5. The molecule has 0 unspecified atom stereocenters. The zero-order valence-corrected chi connectivity index (χ0v) is 18.2. The molecule has 0 radical (unpaired) electrons. The van der Waals surface area contributed by atoms with Gasteiger partial charge in [-0.15, -0.1) is 0 Å². The van der Waals surface area contributed by atoms with Gasteiger partial charge in [0.15, 0.2) is 0 Å². The standard InChI is InChI=1S/C24H35N3O3/c1-30-15-14-26(17-19-8-7-13-25-12-6-5-11-22(19)25)24(29)20-16-23(28)27(18-20)21-9-3-2-4-10-21/h2-4,9-10,19-20,22H,5-8,11-18H2,1H3/t19-,20+,22+/m0/s1. The van der Waals surface area contributed by atoms with Crippen LogP contribution < -0.4 is 4.90 Å². The normalized spacial score (nSPS) is 27.2. The molecule has 0 saturated carbocycles. The summed E-state index contributed by atoms with van der Waals surface area (Å²) in [5.41, 5.74) is 0.881. The number of methoxy groups -OCH3 is 1. The lowest BCUT2D eigenvalue weighted by Gasteiger charge is -2.46. The van der Waals surface area contributed by atoms with Crippen LogP contribution in [0.4, 0.5) is 5.69 Å². The average molecular weight is 414 g/mol. The number of fused-ring (bicyclic) bond motifs is 1. The van der Waals surface area contributed by atoms with Crippen LogP contribution in [0.2, 0.25) is 0 Å².